The molecule has 1 aliphatic heterocycles. The third kappa shape index (κ3) is 6.64. The average Bonchev–Trinajstić information content (AvgIpc) is 3.08. The number of anilines is 1. The normalized spacial score (nSPS) is 17.0. The van der Waals surface area contributed by atoms with E-state index < -0.39 is 12.0 Å². The van der Waals surface area contributed by atoms with Gasteiger partial charge in [0, 0.05) is 25.6 Å². The molecule has 2 N–H and O–H groups in total. The Balaban J connectivity index is 1.97. The molecule has 0 spiro atoms. The first kappa shape index (κ1) is 23.5. The van der Waals surface area contributed by atoms with Crippen LogP contribution in [0.15, 0.2) is 24.3 Å². The molecule has 1 fully saturated rings. The van der Waals surface area contributed by atoms with E-state index >= 15 is 0 Å². The summed E-state index contributed by atoms with van der Waals surface area (Å²) in [5, 5.41) is 5.68. The Morgan fingerprint density at radius 3 is 2.60 bits per heavy atom. The number of para-hydroxylation sites is 2. The van der Waals surface area contributed by atoms with E-state index in [0.29, 0.717) is 36.9 Å². The number of carbonyl (C=O) groups excluding carboxylic acids is 3. The predicted octanol–water partition coefficient (Wildman–Crippen LogP) is 2.72. The molecule has 0 aliphatic carbocycles. The lowest BCUT2D eigenvalue weighted by molar-refractivity contribution is -0.126. The van der Waals surface area contributed by atoms with Gasteiger partial charge in [0.15, 0.2) is 0 Å². The van der Waals surface area contributed by atoms with Crippen molar-refractivity contribution in [2.24, 2.45) is 11.8 Å². The summed E-state index contributed by atoms with van der Waals surface area (Å²) in [6.45, 7) is 9.09. The van der Waals surface area contributed by atoms with Crippen molar-refractivity contribution in [3.05, 3.63) is 24.3 Å². The third-order valence-electron chi connectivity index (χ3n) is 4.83. The Kier molecular flexibility index (Phi) is 8.95. The van der Waals surface area contributed by atoms with Crippen LogP contribution >= 0.6 is 0 Å². The summed E-state index contributed by atoms with van der Waals surface area (Å²) in [7, 11) is 0. The Morgan fingerprint density at radius 1 is 1.20 bits per heavy atom. The van der Waals surface area contributed by atoms with E-state index in [1.165, 1.54) is 0 Å². The van der Waals surface area contributed by atoms with Crippen LogP contribution in [0.5, 0.6) is 5.75 Å². The zero-order valence-electron chi connectivity index (χ0n) is 18.3. The Labute approximate surface area is 178 Å². The summed E-state index contributed by atoms with van der Waals surface area (Å²) in [5.41, 5.74) is 0.682. The number of carbonyl (C=O) groups is 3. The monoisotopic (exact) mass is 419 g/mol. The standard InChI is InChI=1S/C22H33N3O5/c1-5-29-19-10-8-7-9-18(19)25-14-16(12-20(25)26)21(27)23-13-17(11-15(3)4)24-22(28)30-6-2/h7-10,15-17H,5-6,11-14H2,1-4H3,(H,23,27)(H,24,28). The van der Waals surface area contributed by atoms with Crippen molar-refractivity contribution in [1.82, 2.24) is 10.6 Å². The molecule has 0 radical (unpaired) electrons. The maximum atomic E-state index is 12.7. The van der Waals surface area contributed by atoms with E-state index in [2.05, 4.69) is 10.6 Å². The third-order valence-corrected chi connectivity index (χ3v) is 4.83. The van der Waals surface area contributed by atoms with Gasteiger partial charge in [-0.05, 0) is 38.3 Å². The van der Waals surface area contributed by atoms with Gasteiger partial charge in [0.1, 0.15) is 5.75 Å². The van der Waals surface area contributed by atoms with Gasteiger partial charge in [-0.3, -0.25) is 9.59 Å². The fourth-order valence-electron chi connectivity index (χ4n) is 3.54. The number of nitrogens with one attached hydrogen (secondary N) is 2. The Bertz CT molecular complexity index is 737. The van der Waals surface area contributed by atoms with Gasteiger partial charge in [0.25, 0.3) is 0 Å². The summed E-state index contributed by atoms with van der Waals surface area (Å²) >= 11 is 0. The van der Waals surface area contributed by atoms with E-state index in [-0.39, 0.29) is 37.4 Å². The maximum absolute atomic E-state index is 12.7. The molecule has 8 nitrogen and oxygen atoms in total. The molecule has 0 aromatic heterocycles. The van der Waals surface area contributed by atoms with Gasteiger partial charge in [0.05, 0.1) is 24.8 Å². The van der Waals surface area contributed by atoms with Crippen LogP contribution < -0.4 is 20.3 Å². The van der Waals surface area contributed by atoms with Crippen LogP contribution in [-0.4, -0.2) is 50.3 Å². The summed E-state index contributed by atoms with van der Waals surface area (Å²) in [5.74, 6) is 0.219. The largest absolute Gasteiger partial charge is 0.492 e. The highest BCUT2D eigenvalue weighted by Gasteiger charge is 2.36. The highest BCUT2D eigenvalue weighted by molar-refractivity contribution is 6.01. The number of hydrogen-bond donors (Lipinski definition) is 2. The van der Waals surface area contributed by atoms with Crippen LogP contribution in [0.3, 0.4) is 0 Å². The van der Waals surface area contributed by atoms with E-state index in [4.69, 9.17) is 9.47 Å². The molecule has 1 aromatic rings. The first-order valence-electron chi connectivity index (χ1n) is 10.6. The Morgan fingerprint density at radius 2 is 1.93 bits per heavy atom. The predicted molar refractivity (Wildman–Crippen MR) is 114 cm³/mol. The van der Waals surface area contributed by atoms with Crippen LogP contribution in [0.2, 0.25) is 0 Å². The topological polar surface area (TPSA) is 97.0 Å². The van der Waals surface area contributed by atoms with E-state index in [9.17, 15) is 14.4 Å². The molecule has 0 bridgehead atoms. The first-order valence-corrected chi connectivity index (χ1v) is 10.6. The lowest BCUT2D eigenvalue weighted by Crippen LogP contribution is -2.46. The minimum absolute atomic E-state index is 0.106. The second-order valence-electron chi connectivity index (χ2n) is 7.74. The second-order valence-corrected chi connectivity index (χ2v) is 7.74. The lowest BCUT2D eigenvalue weighted by Gasteiger charge is -2.22. The summed E-state index contributed by atoms with van der Waals surface area (Å²) in [6.07, 6.45) is 0.357. The Hall–Kier alpha value is -2.77. The lowest BCUT2D eigenvalue weighted by atomic mass is 10.0. The fourth-order valence-corrected chi connectivity index (χ4v) is 3.54. The van der Waals surface area contributed by atoms with Gasteiger partial charge in [-0.15, -0.1) is 0 Å². The van der Waals surface area contributed by atoms with Crippen LogP contribution in [0.4, 0.5) is 10.5 Å². The average molecular weight is 420 g/mol. The van der Waals surface area contributed by atoms with Crippen molar-refractivity contribution < 1.29 is 23.9 Å². The fraction of sp³-hybridized carbons (Fsp3) is 0.591. The molecule has 1 aliphatic rings. The van der Waals surface area contributed by atoms with Gasteiger partial charge in [-0.25, -0.2) is 4.79 Å². The van der Waals surface area contributed by atoms with Crippen molar-refractivity contribution in [2.75, 3.05) is 31.2 Å². The number of hydrogen-bond acceptors (Lipinski definition) is 5. The van der Waals surface area contributed by atoms with Crippen molar-refractivity contribution in [3.63, 3.8) is 0 Å². The molecule has 0 saturated carbocycles. The number of amides is 3. The molecule has 2 atom stereocenters. The molecular formula is C22H33N3O5. The van der Waals surface area contributed by atoms with E-state index in [1.807, 2.05) is 45.0 Å². The van der Waals surface area contributed by atoms with Crippen LogP contribution in [0.1, 0.15) is 40.5 Å². The summed E-state index contributed by atoms with van der Waals surface area (Å²) < 4.78 is 10.6. The van der Waals surface area contributed by atoms with Gasteiger partial charge in [-0.2, -0.15) is 0 Å². The van der Waals surface area contributed by atoms with E-state index in [1.54, 1.807) is 11.8 Å². The van der Waals surface area contributed by atoms with Crippen molar-refractivity contribution in [3.8, 4) is 5.75 Å². The first-order chi connectivity index (χ1) is 14.3. The molecular weight excluding hydrogens is 386 g/mol. The zero-order valence-corrected chi connectivity index (χ0v) is 18.3. The van der Waals surface area contributed by atoms with Gasteiger partial charge >= 0.3 is 6.09 Å². The number of ether oxygens (including phenoxy) is 2. The number of rotatable bonds is 10. The smallest absolute Gasteiger partial charge is 0.407 e. The molecule has 1 aromatic carbocycles. The molecule has 1 heterocycles. The number of alkyl carbamates (subject to hydrolysis) is 1. The number of benzene rings is 1. The minimum atomic E-state index is -0.493. The summed E-state index contributed by atoms with van der Waals surface area (Å²) in [4.78, 5) is 38.6. The molecule has 2 unspecified atom stereocenters. The molecule has 8 heteroatoms. The summed E-state index contributed by atoms with van der Waals surface area (Å²) in [6, 6.07) is 7.10. The molecule has 3 amide bonds. The van der Waals surface area contributed by atoms with Crippen molar-refractivity contribution in [1.29, 1.82) is 0 Å². The van der Waals surface area contributed by atoms with Crippen molar-refractivity contribution in [2.45, 2.75) is 46.6 Å². The van der Waals surface area contributed by atoms with E-state index in [0.717, 1.165) is 0 Å². The van der Waals surface area contributed by atoms with Gasteiger partial charge < -0.3 is 25.0 Å². The second kappa shape index (κ2) is 11.4. The van der Waals surface area contributed by atoms with Gasteiger partial charge in [0.2, 0.25) is 11.8 Å². The molecule has 1 saturated heterocycles. The zero-order chi connectivity index (χ0) is 22.1. The van der Waals surface area contributed by atoms with Crippen LogP contribution in [0, 0.1) is 11.8 Å². The SMILES string of the molecule is CCOC(=O)NC(CNC(=O)C1CC(=O)N(c2ccccc2OCC)C1)CC(C)C. The quantitative estimate of drug-likeness (QED) is 0.608. The van der Waals surface area contributed by atoms with Gasteiger partial charge in [-0.1, -0.05) is 26.0 Å². The highest BCUT2D eigenvalue weighted by atomic mass is 16.5. The van der Waals surface area contributed by atoms with Crippen LogP contribution in [-0.2, 0) is 14.3 Å². The van der Waals surface area contributed by atoms with Crippen molar-refractivity contribution >= 4 is 23.6 Å². The number of nitrogens with zero attached hydrogens (tertiary/aromatic N) is 1. The molecule has 30 heavy (non-hydrogen) atoms. The molecule has 166 valence electrons. The van der Waals surface area contributed by atoms with Crippen LogP contribution in [0.25, 0.3) is 0 Å². The highest BCUT2D eigenvalue weighted by Crippen LogP contribution is 2.33. The molecule has 2 rings (SSSR count). The maximum Gasteiger partial charge on any atom is 0.407 e. The minimum Gasteiger partial charge on any atom is -0.492 e.